The Hall–Kier alpha value is -1.96. The maximum atomic E-state index is 11.0. The molecule has 0 amide bonds. The van der Waals surface area contributed by atoms with Crippen LogP contribution in [0, 0.1) is 0 Å². The Morgan fingerprint density at radius 2 is 1.95 bits per heavy atom. The average molecular weight is 294 g/mol. The molecule has 2 rings (SSSR count). The van der Waals surface area contributed by atoms with Crippen molar-refractivity contribution in [2.75, 3.05) is 0 Å². The third-order valence-electron chi connectivity index (χ3n) is 2.70. The van der Waals surface area contributed by atoms with Gasteiger partial charge in [-0.25, -0.2) is 0 Å². The van der Waals surface area contributed by atoms with Gasteiger partial charge in [-0.05, 0) is 30.3 Å². The van der Waals surface area contributed by atoms with Gasteiger partial charge in [0.1, 0.15) is 5.75 Å². The van der Waals surface area contributed by atoms with Gasteiger partial charge in [-0.15, -0.1) is 0 Å². The van der Waals surface area contributed by atoms with Crippen molar-refractivity contribution in [3.05, 3.63) is 53.9 Å². The van der Waals surface area contributed by atoms with Gasteiger partial charge in [-0.1, -0.05) is 6.07 Å². The molecule has 1 heterocycles. The number of aromatic nitrogens is 1. The number of phenolic OH excluding ortho intramolecular Hbond substituents is 1. The van der Waals surface area contributed by atoms with Gasteiger partial charge in [0.05, 0.1) is 10.6 Å². The van der Waals surface area contributed by atoms with Crippen LogP contribution in [0.4, 0.5) is 0 Å². The Morgan fingerprint density at radius 1 is 1.15 bits per heavy atom. The molecular weight excluding hydrogens is 280 g/mol. The minimum Gasteiger partial charge on any atom is -0.508 e. The molecule has 3 N–H and O–H groups in total. The molecule has 0 saturated carbocycles. The highest BCUT2D eigenvalue weighted by atomic mass is 32.2. The van der Waals surface area contributed by atoms with Crippen molar-refractivity contribution in [3.63, 3.8) is 0 Å². The molecule has 0 aliphatic carbocycles. The molecule has 0 radical (unpaired) electrons. The van der Waals surface area contributed by atoms with Gasteiger partial charge in [0, 0.05) is 24.8 Å². The summed E-state index contributed by atoms with van der Waals surface area (Å²) in [4.78, 5) is 3.88. The molecule has 106 valence electrons. The standard InChI is InChI=1S/C13H14N2O4S/c16-13-5-4-12(20(17,18)19)7-10(13)8-14-9-11-3-1-2-6-15-11/h1-7,14,16H,8-9H2,(H,17,18,19). The van der Waals surface area contributed by atoms with Crippen LogP contribution in [-0.2, 0) is 23.2 Å². The van der Waals surface area contributed by atoms with Gasteiger partial charge in [0.15, 0.2) is 0 Å². The number of hydrogen-bond acceptors (Lipinski definition) is 5. The van der Waals surface area contributed by atoms with E-state index < -0.39 is 10.1 Å². The fraction of sp³-hybridized carbons (Fsp3) is 0.154. The number of phenols is 1. The van der Waals surface area contributed by atoms with Crippen molar-refractivity contribution in [1.82, 2.24) is 10.3 Å². The number of aromatic hydroxyl groups is 1. The van der Waals surface area contributed by atoms with Gasteiger partial charge in [-0.2, -0.15) is 8.42 Å². The SMILES string of the molecule is O=S(=O)(O)c1ccc(O)c(CNCc2ccccn2)c1. The van der Waals surface area contributed by atoms with Crippen LogP contribution in [0.15, 0.2) is 47.5 Å². The van der Waals surface area contributed by atoms with Crippen LogP contribution < -0.4 is 5.32 Å². The maximum absolute atomic E-state index is 11.0. The van der Waals surface area contributed by atoms with E-state index >= 15 is 0 Å². The molecule has 1 aromatic heterocycles. The molecule has 0 atom stereocenters. The first-order chi connectivity index (χ1) is 9.47. The second-order valence-electron chi connectivity index (χ2n) is 4.19. The molecule has 0 aliphatic heterocycles. The number of rotatable bonds is 5. The van der Waals surface area contributed by atoms with E-state index in [2.05, 4.69) is 10.3 Å². The summed E-state index contributed by atoms with van der Waals surface area (Å²) >= 11 is 0. The lowest BCUT2D eigenvalue weighted by Crippen LogP contribution is -2.14. The molecular formula is C13H14N2O4S. The Morgan fingerprint density at radius 3 is 2.60 bits per heavy atom. The Balaban J connectivity index is 2.06. The summed E-state index contributed by atoms with van der Waals surface area (Å²) in [5.74, 6) is -0.0362. The summed E-state index contributed by atoms with van der Waals surface area (Å²) in [6.07, 6.45) is 1.67. The largest absolute Gasteiger partial charge is 0.508 e. The second-order valence-corrected chi connectivity index (χ2v) is 5.61. The third kappa shape index (κ3) is 3.77. The van der Waals surface area contributed by atoms with Gasteiger partial charge in [0.2, 0.25) is 0 Å². The van der Waals surface area contributed by atoms with E-state index in [-0.39, 0.29) is 17.2 Å². The van der Waals surface area contributed by atoms with Crippen LogP contribution in [0.2, 0.25) is 0 Å². The van der Waals surface area contributed by atoms with Gasteiger partial charge < -0.3 is 10.4 Å². The molecule has 2 aromatic rings. The molecule has 0 unspecified atom stereocenters. The van der Waals surface area contributed by atoms with Gasteiger partial charge in [0.25, 0.3) is 10.1 Å². The Bertz CT molecular complexity index is 687. The summed E-state index contributed by atoms with van der Waals surface area (Å²) in [7, 11) is -4.27. The monoisotopic (exact) mass is 294 g/mol. The normalized spacial score (nSPS) is 11.4. The van der Waals surface area contributed by atoms with E-state index in [1.807, 2.05) is 18.2 Å². The van der Waals surface area contributed by atoms with Crippen molar-refractivity contribution in [2.24, 2.45) is 0 Å². The van der Waals surface area contributed by atoms with Crippen molar-refractivity contribution in [2.45, 2.75) is 18.0 Å². The second kappa shape index (κ2) is 6.00. The van der Waals surface area contributed by atoms with E-state index in [9.17, 15) is 13.5 Å². The smallest absolute Gasteiger partial charge is 0.294 e. The molecule has 7 heteroatoms. The van der Waals surface area contributed by atoms with Gasteiger partial charge in [-0.3, -0.25) is 9.54 Å². The zero-order chi connectivity index (χ0) is 14.6. The minimum absolute atomic E-state index is 0.0362. The van der Waals surface area contributed by atoms with E-state index in [0.29, 0.717) is 12.1 Å². The first kappa shape index (κ1) is 14.4. The summed E-state index contributed by atoms with van der Waals surface area (Å²) in [5.41, 5.74) is 1.22. The summed E-state index contributed by atoms with van der Waals surface area (Å²) in [6.45, 7) is 0.738. The number of nitrogens with zero attached hydrogens (tertiary/aromatic N) is 1. The first-order valence-electron chi connectivity index (χ1n) is 5.87. The summed E-state index contributed by atoms with van der Waals surface area (Å²) in [6, 6.07) is 9.14. The summed E-state index contributed by atoms with van der Waals surface area (Å²) < 4.78 is 31.0. The fourth-order valence-corrected chi connectivity index (χ4v) is 2.22. The van der Waals surface area contributed by atoms with Crippen molar-refractivity contribution < 1.29 is 18.1 Å². The Kier molecular flexibility index (Phi) is 4.33. The van der Waals surface area contributed by atoms with Gasteiger partial charge >= 0.3 is 0 Å². The molecule has 0 saturated heterocycles. The molecule has 1 aromatic carbocycles. The predicted octanol–water partition coefficient (Wildman–Crippen LogP) is 1.32. The molecule has 0 fully saturated rings. The molecule has 0 bridgehead atoms. The van der Waals surface area contributed by atoms with E-state index in [1.165, 1.54) is 12.1 Å². The number of pyridine rings is 1. The van der Waals surface area contributed by atoms with Crippen LogP contribution in [0.1, 0.15) is 11.3 Å². The van der Waals surface area contributed by atoms with Crippen LogP contribution >= 0.6 is 0 Å². The number of benzene rings is 1. The quantitative estimate of drug-likeness (QED) is 0.719. The Labute approximate surface area is 116 Å². The van der Waals surface area contributed by atoms with E-state index in [1.54, 1.807) is 6.20 Å². The van der Waals surface area contributed by atoms with Crippen LogP contribution in [0.3, 0.4) is 0 Å². The summed E-state index contributed by atoms with van der Waals surface area (Å²) in [5, 5.41) is 12.7. The number of nitrogens with one attached hydrogen (secondary N) is 1. The maximum Gasteiger partial charge on any atom is 0.294 e. The van der Waals surface area contributed by atoms with Crippen molar-refractivity contribution in [3.8, 4) is 5.75 Å². The first-order valence-corrected chi connectivity index (χ1v) is 7.31. The topological polar surface area (TPSA) is 99.5 Å². The molecule has 20 heavy (non-hydrogen) atoms. The van der Waals surface area contributed by atoms with E-state index in [4.69, 9.17) is 4.55 Å². The molecule has 0 aliphatic rings. The highest BCUT2D eigenvalue weighted by Gasteiger charge is 2.12. The zero-order valence-electron chi connectivity index (χ0n) is 10.5. The minimum atomic E-state index is -4.27. The fourth-order valence-electron chi connectivity index (χ4n) is 1.69. The van der Waals surface area contributed by atoms with Crippen LogP contribution in [0.25, 0.3) is 0 Å². The highest BCUT2D eigenvalue weighted by molar-refractivity contribution is 7.85. The number of hydrogen-bond donors (Lipinski definition) is 3. The van der Waals surface area contributed by atoms with Crippen LogP contribution in [-0.4, -0.2) is 23.1 Å². The highest BCUT2D eigenvalue weighted by Crippen LogP contribution is 2.21. The lowest BCUT2D eigenvalue weighted by molar-refractivity contribution is 0.462. The lowest BCUT2D eigenvalue weighted by atomic mass is 10.2. The average Bonchev–Trinajstić information content (AvgIpc) is 2.41. The third-order valence-corrected chi connectivity index (χ3v) is 3.55. The molecule has 0 spiro atoms. The molecule has 6 nitrogen and oxygen atoms in total. The van der Waals surface area contributed by atoms with Crippen molar-refractivity contribution >= 4 is 10.1 Å². The van der Waals surface area contributed by atoms with E-state index in [0.717, 1.165) is 11.8 Å². The zero-order valence-corrected chi connectivity index (χ0v) is 11.3. The lowest BCUT2D eigenvalue weighted by Gasteiger charge is -2.08. The van der Waals surface area contributed by atoms with Crippen LogP contribution in [0.5, 0.6) is 5.75 Å². The predicted molar refractivity (Wildman–Crippen MR) is 72.7 cm³/mol. The van der Waals surface area contributed by atoms with Crippen molar-refractivity contribution in [1.29, 1.82) is 0 Å².